The Bertz CT molecular complexity index is 530. The number of rotatable bonds is 2. The van der Waals surface area contributed by atoms with Crippen molar-refractivity contribution in [1.29, 1.82) is 0 Å². The van der Waals surface area contributed by atoms with Crippen LogP contribution in [-0.4, -0.2) is 40.0 Å². The van der Waals surface area contributed by atoms with Crippen LogP contribution in [0.1, 0.15) is 27.2 Å². The van der Waals surface area contributed by atoms with E-state index < -0.39 is 5.60 Å². The van der Waals surface area contributed by atoms with E-state index in [0.717, 1.165) is 11.3 Å². The van der Waals surface area contributed by atoms with E-state index in [1.807, 2.05) is 20.8 Å². The van der Waals surface area contributed by atoms with E-state index >= 15 is 0 Å². The molecule has 1 amide bonds. The summed E-state index contributed by atoms with van der Waals surface area (Å²) >= 11 is 7.74. The lowest BCUT2D eigenvalue weighted by molar-refractivity contribution is 0.0295. The Kier molecular flexibility index (Phi) is 4.94. The maximum absolute atomic E-state index is 12.0. The van der Waals surface area contributed by atoms with E-state index in [-0.39, 0.29) is 11.8 Å². The molecule has 0 unspecified atom stereocenters. The van der Waals surface area contributed by atoms with Crippen LogP contribution in [0.4, 0.5) is 4.79 Å². The minimum Gasteiger partial charge on any atom is -0.508 e. The number of benzene rings is 1. The highest BCUT2D eigenvalue weighted by Gasteiger charge is 2.30. The normalized spacial score (nSPS) is 18.9. The van der Waals surface area contributed by atoms with E-state index in [2.05, 4.69) is 0 Å². The Morgan fingerprint density at radius 2 is 2.19 bits per heavy atom. The molecule has 0 bridgehead atoms. The monoisotopic (exact) mass is 329 g/mol. The van der Waals surface area contributed by atoms with Crippen molar-refractivity contribution in [2.75, 3.05) is 13.1 Å². The molecule has 2 rings (SSSR count). The summed E-state index contributed by atoms with van der Waals surface area (Å²) in [5.74, 6) is 0.158. The minimum atomic E-state index is -0.470. The molecule has 1 N–H and O–H groups in total. The lowest BCUT2D eigenvalue weighted by Gasteiger charge is -2.24. The first-order chi connectivity index (χ1) is 9.74. The van der Waals surface area contributed by atoms with Gasteiger partial charge in [0.2, 0.25) is 0 Å². The van der Waals surface area contributed by atoms with E-state index in [1.54, 1.807) is 28.8 Å². The molecule has 116 valence electrons. The second kappa shape index (κ2) is 6.36. The van der Waals surface area contributed by atoms with Crippen LogP contribution >= 0.6 is 23.4 Å². The average Bonchev–Trinajstić information content (AvgIpc) is 2.79. The Morgan fingerprint density at radius 3 is 2.81 bits per heavy atom. The molecule has 0 saturated carbocycles. The third kappa shape index (κ3) is 4.71. The van der Waals surface area contributed by atoms with Gasteiger partial charge in [0, 0.05) is 23.2 Å². The molecule has 6 heteroatoms. The molecular weight excluding hydrogens is 310 g/mol. The van der Waals surface area contributed by atoms with Gasteiger partial charge in [-0.05, 0) is 45.4 Å². The van der Waals surface area contributed by atoms with Gasteiger partial charge < -0.3 is 14.7 Å². The molecular formula is C15H20ClNO3S. The summed E-state index contributed by atoms with van der Waals surface area (Å²) in [7, 11) is 0. The van der Waals surface area contributed by atoms with E-state index in [9.17, 15) is 9.90 Å². The van der Waals surface area contributed by atoms with Crippen LogP contribution in [0.3, 0.4) is 0 Å². The zero-order valence-electron chi connectivity index (χ0n) is 12.4. The maximum atomic E-state index is 12.0. The average molecular weight is 330 g/mol. The SMILES string of the molecule is CC(C)(C)OC(=O)N1CC[C@H](Sc2ccc(O)cc2Cl)C1. The lowest BCUT2D eigenvalue weighted by atomic mass is 10.2. The molecule has 0 radical (unpaired) electrons. The number of carbonyl (C=O) groups is 1. The summed E-state index contributed by atoms with van der Waals surface area (Å²) in [5.41, 5.74) is -0.470. The van der Waals surface area contributed by atoms with Crippen molar-refractivity contribution >= 4 is 29.5 Å². The Balaban J connectivity index is 1.92. The first-order valence-electron chi connectivity index (χ1n) is 6.88. The second-order valence-corrected chi connectivity index (χ2v) is 7.82. The number of hydrogen-bond donors (Lipinski definition) is 1. The molecule has 1 atom stereocenters. The number of ether oxygens (including phenoxy) is 1. The number of hydrogen-bond acceptors (Lipinski definition) is 4. The van der Waals surface area contributed by atoms with Crippen LogP contribution < -0.4 is 0 Å². The molecule has 1 aliphatic heterocycles. The predicted molar refractivity (Wildman–Crippen MR) is 85.2 cm³/mol. The number of phenolic OH excluding ortho intramolecular Hbond substituents is 1. The third-order valence-corrected chi connectivity index (χ3v) is 4.76. The van der Waals surface area contributed by atoms with Crippen LogP contribution in [0, 0.1) is 0 Å². The highest BCUT2D eigenvalue weighted by Crippen LogP contribution is 2.36. The third-order valence-electron chi connectivity index (χ3n) is 3.01. The van der Waals surface area contributed by atoms with Crippen LogP contribution in [0.5, 0.6) is 5.75 Å². The maximum Gasteiger partial charge on any atom is 0.410 e. The minimum absolute atomic E-state index is 0.158. The van der Waals surface area contributed by atoms with Gasteiger partial charge in [0.05, 0.1) is 5.02 Å². The summed E-state index contributed by atoms with van der Waals surface area (Å²) in [6.45, 7) is 6.94. The van der Waals surface area contributed by atoms with Crippen molar-refractivity contribution < 1.29 is 14.6 Å². The first kappa shape index (κ1) is 16.3. The molecule has 4 nitrogen and oxygen atoms in total. The molecule has 0 aliphatic carbocycles. The van der Waals surface area contributed by atoms with Crippen LogP contribution in [0.15, 0.2) is 23.1 Å². The highest BCUT2D eigenvalue weighted by molar-refractivity contribution is 8.00. The zero-order chi connectivity index (χ0) is 15.6. The van der Waals surface area contributed by atoms with Crippen LogP contribution in [-0.2, 0) is 4.74 Å². The fraction of sp³-hybridized carbons (Fsp3) is 0.533. The van der Waals surface area contributed by atoms with E-state index in [0.29, 0.717) is 23.4 Å². The van der Waals surface area contributed by atoms with Gasteiger partial charge >= 0.3 is 6.09 Å². The Morgan fingerprint density at radius 1 is 1.48 bits per heavy atom. The molecule has 21 heavy (non-hydrogen) atoms. The number of likely N-dealkylation sites (tertiary alicyclic amines) is 1. The van der Waals surface area contributed by atoms with Gasteiger partial charge in [-0.1, -0.05) is 11.6 Å². The number of halogens is 1. The second-order valence-electron chi connectivity index (χ2n) is 6.07. The van der Waals surface area contributed by atoms with Crippen molar-refractivity contribution in [3.63, 3.8) is 0 Å². The summed E-state index contributed by atoms with van der Waals surface area (Å²) < 4.78 is 5.38. The van der Waals surface area contributed by atoms with Gasteiger partial charge in [0.1, 0.15) is 11.4 Å². The largest absolute Gasteiger partial charge is 0.508 e. The number of aromatic hydroxyl groups is 1. The highest BCUT2D eigenvalue weighted by atomic mass is 35.5. The topological polar surface area (TPSA) is 49.8 Å². The zero-order valence-corrected chi connectivity index (χ0v) is 14.0. The molecule has 1 saturated heterocycles. The van der Waals surface area contributed by atoms with Gasteiger partial charge in [-0.25, -0.2) is 4.79 Å². The number of thioether (sulfide) groups is 1. The molecule has 1 aliphatic rings. The number of phenols is 1. The van der Waals surface area contributed by atoms with Crippen molar-refractivity contribution in [2.45, 2.75) is 42.9 Å². The molecule has 1 fully saturated rings. The van der Waals surface area contributed by atoms with Crippen molar-refractivity contribution in [1.82, 2.24) is 4.90 Å². The molecule has 1 aromatic carbocycles. The number of nitrogens with zero attached hydrogens (tertiary/aromatic N) is 1. The van der Waals surface area contributed by atoms with E-state index in [1.165, 1.54) is 6.07 Å². The smallest absolute Gasteiger partial charge is 0.410 e. The lowest BCUT2D eigenvalue weighted by Crippen LogP contribution is -2.35. The van der Waals surface area contributed by atoms with Gasteiger partial charge in [-0.2, -0.15) is 0 Å². The van der Waals surface area contributed by atoms with Crippen molar-refractivity contribution in [3.8, 4) is 5.75 Å². The predicted octanol–water partition coefficient (Wildman–Crippen LogP) is 4.15. The van der Waals surface area contributed by atoms with Crippen molar-refractivity contribution in [2.24, 2.45) is 0 Å². The van der Waals surface area contributed by atoms with Gasteiger partial charge in [0.15, 0.2) is 0 Å². The van der Waals surface area contributed by atoms with Gasteiger partial charge in [-0.15, -0.1) is 11.8 Å². The van der Waals surface area contributed by atoms with Gasteiger partial charge in [0.25, 0.3) is 0 Å². The molecule has 1 heterocycles. The molecule has 1 aromatic rings. The standard InChI is InChI=1S/C15H20ClNO3S/c1-15(2,3)20-14(19)17-7-6-11(9-17)21-13-5-4-10(18)8-12(13)16/h4-5,8,11,18H,6-7,9H2,1-3H3/t11-/m0/s1. The summed E-state index contributed by atoms with van der Waals surface area (Å²) in [5, 5.41) is 10.2. The van der Waals surface area contributed by atoms with E-state index in [4.69, 9.17) is 16.3 Å². The Labute approximate surface area is 134 Å². The number of carbonyl (C=O) groups excluding carboxylic acids is 1. The van der Waals surface area contributed by atoms with Crippen LogP contribution in [0.25, 0.3) is 0 Å². The first-order valence-corrected chi connectivity index (χ1v) is 8.13. The fourth-order valence-corrected chi connectivity index (χ4v) is 3.54. The Hall–Kier alpha value is -1.07. The summed E-state index contributed by atoms with van der Waals surface area (Å²) in [6, 6.07) is 4.96. The quantitative estimate of drug-likeness (QED) is 0.885. The van der Waals surface area contributed by atoms with Gasteiger partial charge in [-0.3, -0.25) is 0 Å². The fourth-order valence-electron chi connectivity index (χ4n) is 2.08. The van der Waals surface area contributed by atoms with Crippen LogP contribution in [0.2, 0.25) is 5.02 Å². The number of amides is 1. The summed E-state index contributed by atoms with van der Waals surface area (Å²) in [4.78, 5) is 14.7. The molecule has 0 aromatic heterocycles. The summed E-state index contributed by atoms with van der Waals surface area (Å²) in [6.07, 6.45) is 0.642. The van der Waals surface area contributed by atoms with Crippen molar-refractivity contribution in [3.05, 3.63) is 23.2 Å². The molecule has 0 spiro atoms.